The van der Waals surface area contributed by atoms with E-state index < -0.39 is 0 Å². The van der Waals surface area contributed by atoms with E-state index in [0.717, 1.165) is 17.6 Å². The van der Waals surface area contributed by atoms with Crippen molar-refractivity contribution in [3.63, 3.8) is 0 Å². The van der Waals surface area contributed by atoms with Crippen LogP contribution in [-0.4, -0.2) is 31.1 Å². The second-order valence-electron chi connectivity index (χ2n) is 5.27. The summed E-state index contributed by atoms with van der Waals surface area (Å²) in [7, 11) is 4.18. The van der Waals surface area contributed by atoms with Gasteiger partial charge in [0.25, 0.3) is 0 Å². The van der Waals surface area contributed by atoms with Crippen molar-refractivity contribution in [3.8, 4) is 0 Å². The average molecular weight is 299 g/mol. The quantitative estimate of drug-likeness (QED) is 0.898. The molecule has 0 aliphatic rings. The Hall–Kier alpha value is -0.380. The van der Waals surface area contributed by atoms with E-state index in [-0.39, 0.29) is 5.54 Å². The summed E-state index contributed by atoms with van der Waals surface area (Å²) in [5, 5.41) is 3.25. The van der Waals surface area contributed by atoms with Crippen LogP contribution in [0.25, 0.3) is 0 Å². The molecule has 0 fully saturated rings. The summed E-state index contributed by atoms with van der Waals surface area (Å²) in [6, 6.07) is 6.47. The normalized spacial score (nSPS) is 12.2. The summed E-state index contributed by atoms with van der Waals surface area (Å²) in [5.41, 5.74) is 2.88. The monoisotopic (exact) mass is 298 g/mol. The van der Waals surface area contributed by atoms with Gasteiger partial charge in [0.15, 0.2) is 0 Å². The highest BCUT2D eigenvalue weighted by atomic mass is 79.9. The Labute approximate surface area is 114 Å². The maximum atomic E-state index is 3.54. The van der Waals surface area contributed by atoms with E-state index in [0.29, 0.717) is 0 Å². The molecular weight excluding hydrogens is 276 g/mol. The largest absolute Gasteiger partial charge is 0.318 e. The molecule has 17 heavy (non-hydrogen) atoms. The maximum Gasteiger partial charge on any atom is 0.0278 e. The maximum absolute atomic E-state index is 3.54. The van der Waals surface area contributed by atoms with Crippen LogP contribution in [0.4, 0.5) is 0 Å². The zero-order chi connectivity index (χ0) is 13.1. The molecule has 0 atom stereocenters. The van der Waals surface area contributed by atoms with Crippen LogP contribution in [0.2, 0.25) is 0 Å². The molecule has 1 rings (SSSR count). The van der Waals surface area contributed by atoms with Crippen LogP contribution in [0.15, 0.2) is 22.7 Å². The van der Waals surface area contributed by atoms with Gasteiger partial charge < -0.3 is 5.32 Å². The van der Waals surface area contributed by atoms with Crippen molar-refractivity contribution in [3.05, 3.63) is 33.8 Å². The Morgan fingerprint density at radius 2 is 2.00 bits per heavy atom. The number of nitrogens with one attached hydrogen (secondary N) is 1. The van der Waals surface area contributed by atoms with E-state index in [1.54, 1.807) is 0 Å². The van der Waals surface area contributed by atoms with Crippen molar-refractivity contribution in [2.75, 3.05) is 20.6 Å². The second kappa shape index (κ2) is 5.98. The fourth-order valence-corrected chi connectivity index (χ4v) is 2.26. The molecule has 1 aromatic carbocycles. The number of rotatable bonds is 5. The van der Waals surface area contributed by atoms with Crippen LogP contribution in [0.5, 0.6) is 0 Å². The molecule has 0 aromatic heterocycles. The molecule has 0 aliphatic heterocycles. The van der Waals surface area contributed by atoms with Crippen molar-refractivity contribution >= 4 is 15.9 Å². The van der Waals surface area contributed by atoms with E-state index in [9.17, 15) is 0 Å². The number of nitrogens with zero attached hydrogens (tertiary/aromatic N) is 1. The predicted octanol–water partition coefficient (Wildman–Crippen LogP) is 3.19. The van der Waals surface area contributed by atoms with Crippen LogP contribution >= 0.6 is 15.9 Å². The van der Waals surface area contributed by atoms with Gasteiger partial charge >= 0.3 is 0 Å². The van der Waals surface area contributed by atoms with Gasteiger partial charge in [0.1, 0.15) is 0 Å². The number of hydrogen-bond donors (Lipinski definition) is 1. The van der Waals surface area contributed by atoms with Crippen LogP contribution < -0.4 is 5.32 Å². The highest BCUT2D eigenvalue weighted by Crippen LogP contribution is 2.20. The van der Waals surface area contributed by atoms with Crippen molar-refractivity contribution in [1.29, 1.82) is 0 Å². The second-order valence-corrected chi connectivity index (χ2v) is 6.19. The molecule has 0 saturated carbocycles. The first-order valence-corrected chi connectivity index (χ1v) is 6.77. The summed E-state index contributed by atoms with van der Waals surface area (Å²) in [6.45, 7) is 8.64. The minimum absolute atomic E-state index is 0.156. The minimum atomic E-state index is 0.156. The van der Waals surface area contributed by atoms with E-state index in [1.807, 2.05) is 7.05 Å². The van der Waals surface area contributed by atoms with Crippen LogP contribution in [-0.2, 0) is 6.54 Å². The molecule has 0 heterocycles. The van der Waals surface area contributed by atoms with Gasteiger partial charge in [-0.1, -0.05) is 22.0 Å². The molecule has 0 amide bonds. The first kappa shape index (κ1) is 14.7. The molecule has 0 unspecified atom stereocenters. The van der Waals surface area contributed by atoms with E-state index in [1.165, 1.54) is 11.1 Å². The van der Waals surface area contributed by atoms with Crippen LogP contribution in [0.3, 0.4) is 0 Å². The predicted molar refractivity (Wildman–Crippen MR) is 78.4 cm³/mol. The van der Waals surface area contributed by atoms with Crippen LogP contribution in [0.1, 0.15) is 25.0 Å². The fourth-order valence-electron chi connectivity index (χ4n) is 1.85. The lowest BCUT2D eigenvalue weighted by Crippen LogP contribution is -2.47. The first-order chi connectivity index (χ1) is 7.86. The summed E-state index contributed by atoms with van der Waals surface area (Å²) < 4.78 is 1.15. The van der Waals surface area contributed by atoms with Gasteiger partial charge in [-0.2, -0.15) is 0 Å². The Kier molecular flexibility index (Phi) is 5.17. The molecule has 3 heteroatoms. The Morgan fingerprint density at radius 1 is 1.35 bits per heavy atom. The smallest absolute Gasteiger partial charge is 0.0278 e. The third-order valence-electron chi connectivity index (χ3n) is 3.36. The molecule has 2 nitrogen and oxygen atoms in total. The van der Waals surface area contributed by atoms with Gasteiger partial charge in [-0.3, -0.25) is 4.90 Å². The van der Waals surface area contributed by atoms with Crippen molar-refractivity contribution in [1.82, 2.24) is 10.2 Å². The highest BCUT2D eigenvalue weighted by molar-refractivity contribution is 9.10. The Morgan fingerprint density at radius 3 is 2.59 bits per heavy atom. The van der Waals surface area contributed by atoms with Gasteiger partial charge in [-0.25, -0.2) is 0 Å². The number of likely N-dealkylation sites (N-methyl/N-ethyl adjacent to an activating group) is 2. The molecule has 0 spiro atoms. The third kappa shape index (κ3) is 4.09. The summed E-state index contributed by atoms with van der Waals surface area (Å²) in [5.74, 6) is 0. The standard InChI is InChI=1S/C14H23BrN2/c1-11-6-7-13(15)8-12(11)9-17(5)14(2,3)10-16-4/h6-8,16H,9-10H2,1-5H3. The molecule has 1 aromatic rings. The van der Waals surface area contributed by atoms with Crippen molar-refractivity contribution < 1.29 is 0 Å². The number of aryl methyl sites for hydroxylation is 1. The molecule has 0 radical (unpaired) electrons. The molecule has 0 saturated heterocycles. The summed E-state index contributed by atoms with van der Waals surface area (Å²) >= 11 is 3.54. The van der Waals surface area contributed by atoms with E-state index in [4.69, 9.17) is 0 Å². The zero-order valence-corrected chi connectivity index (χ0v) is 13.1. The molecule has 96 valence electrons. The van der Waals surface area contributed by atoms with Gasteiger partial charge in [0.05, 0.1) is 0 Å². The third-order valence-corrected chi connectivity index (χ3v) is 3.85. The number of benzene rings is 1. The SMILES string of the molecule is CNCC(C)(C)N(C)Cc1cc(Br)ccc1C. The van der Waals surface area contributed by atoms with Crippen LogP contribution in [0, 0.1) is 6.92 Å². The summed E-state index contributed by atoms with van der Waals surface area (Å²) in [6.07, 6.45) is 0. The van der Waals surface area contributed by atoms with Gasteiger partial charge in [0.2, 0.25) is 0 Å². The molecule has 0 bridgehead atoms. The van der Waals surface area contributed by atoms with Gasteiger partial charge in [-0.05, 0) is 58.1 Å². The Balaban J connectivity index is 2.80. The lowest BCUT2D eigenvalue weighted by atomic mass is 10.0. The van der Waals surface area contributed by atoms with Gasteiger partial charge in [-0.15, -0.1) is 0 Å². The fraction of sp³-hybridized carbons (Fsp3) is 0.571. The molecular formula is C14H23BrN2. The summed E-state index contributed by atoms with van der Waals surface area (Å²) in [4.78, 5) is 2.39. The topological polar surface area (TPSA) is 15.3 Å². The van der Waals surface area contributed by atoms with E-state index in [2.05, 4.69) is 72.2 Å². The highest BCUT2D eigenvalue weighted by Gasteiger charge is 2.22. The number of hydrogen-bond acceptors (Lipinski definition) is 2. The molecule has 0 aliphatic carbocycles. The first-order valence-electron chi connectivity index (χ1n) is 5.97. The average Bonchev–Trinajstić information content (AvgIpc) is 2.23. The Bertz CT molecular complexity index is 374. The van der Waals surface area contributed by atoms with E-state index >= 15 is 0 Å². The zero-order valence-electron chi connectivity index (χ0n) is 11.5. The molecule has 1 N–H and O–H groups in total. The van der Waals surface area contributed by atoms with Crippen molar-refractivity contribution in [2.24, 2.45) is 0 Å². The van der Waals surface area contributed by atoms with Gasteiger partial charge in [0, 0.05) is 23.1 Å². The lowest BCUT2D eigenvalue weighted by Gasteiger charge is -2.36. The van der Waals surface area contributed by atoms with Crippen molar-refractivity contribution in [2.45, 2.75) is 32.9 Å². The number of halogens is 1. The lowest BCUT2D eigenvalue weighted by molar-refractivity contribution is 0.147. The minimum Gasteiger partial charge on any atom is -0.318 e.